The summed E-state index contributed by atoms with van der Waals surface area (Å²) in [5.41, 5.74) is -1.62. The number of anilines is 1. The molecule has 1 saturated heterocycles. The minimum atomic E-state index is -5.14. The van der Waals surface area contributed by atoms with Crippen LogP contribution in [0.2, 0.25) is 0 Å². The second kappa shape index (κ2) is 8.09. The van der Waals surface area contributed by atoms with Gasteiger partial charge in [-0.05, 0) is 36.1 Å². The van der Waals surface area contributed by atoms with Crippen molar-refractivity contribution in [3.63, 3.8) is 0 Å². The van der Waals surface area contributed by atoms with Crippen molar-refractivity contribution in [3.05, 3.63) is 46.6 Å². The van der Waals surface area contributed by atoms with Crippen molar-refractivity contribution in [3.8, 4) is 0 Å². The summed E-state index contributed by atoms with van der Waals surface area (Å²) in [6.45, 7) is 1.96. The number of benzene rings is 1. The number of piperazine rings is 1. The van der Waals surface area contributed by atoms with Gasteiger partial charge in [0.05, 0.1) is 26.2 Å². The molecule has 0 atom stereocenters. The molecule has 0 N–H and O–H groups in total. The van der Waals surface area contributed by atoms with Gasteiger partial charge in [-0.3, -0.25) is 0 Å². The summed E-state index contributed by atoms with van der Waals surface area (Å²) in [5, 5.41) is 1.91. The van der Waals surface area contributed by atoms with Crippen LogP contribution in [0.3, 0.4) is 0 Å². The largest absolute Gasteiger partial charge is 0.416 e. The third kappa shape index (κ3) is 4.51. The fraction of sp³-hybridized carbons (Fsp3) is 0.368. The topological polar surface area (TPSA) is 66.4 Å². The number of halogens is 6. The van der Waals surface area contributed by atoms with Gasteiger partial charge in [0, 0.05) is 26.2 Å². The standard InChI is InChI=1S/C19H16F6N4O2S2/c1-11-9-32-16-15(11)26-10-27-17(16)28-2-4-29(5-3-28)33(30,31)14-7-12(18(20,21)22)6-13(8-14)19(23,24)25/h6-10H,2-5H2,1H3. The second-order valence-electron chi connectivity index (χ2n) is 7.43. The van der Waals surface area contributed by atoms with Crippen LogP contribution in [0.15, 0.2) is 34.8 Å². The highest BCUT2D eigenvalue weighted by molar-refractivity contribution is 7.89. The van der Waals surface area contributed by atoms with E-state index >= 15 is 0 Å². The summed E-state index contributed by atoms with van der Waals surface area (Å²) in [4.78, 5) is 9.28. The molecule has 0 bridgehead atoms. The summed E-state index contributed by atoms with van der Waals surface area (Å²) in [6.07, 6.45) is -8.88. The van der Waals surface area contributed by atoms with Gasteiger partial charge in [0.2, 0.25) is 10.0 Å². The smallest absolute Gasteiger partial charge is 0.353 e. The highest BCUT2D eigenvalue weighted by atomic mass is 32.2. The van der Waals surface area contributed by atoms with E-state index in [0.717, 1.165) is 20.1 Å². The van der Waals surface area contributed by atoms with E-state index in [-0.39, 0.29) is 44.4 Å². The van der Waals surface area contributed by atoms with E-state index in [0.29, 0.717) is 5.82 Å². The van der Waals surface area contributed by atoms with Gasteiger partial charge in [-0.15, -0.1) is 11.3 Å². The number of aryl methyl sites for hydroxylation is 1. The Morgan fingerprint density at radius 1 is 0.909 bits per heavy atom. The molecule has 3 heterocycles. The number of hydrogen-bond acceptors (Lipinski definition) is 6. The molecule has 14 heteroatoms. The maximum atomic E-state index is 13.1. The van der Waals surface area contributed by atoms with Crippen molar-refractivity contribution in [2.24, 2.45) is 0 Å². The number of thiophene rings is 1. The Morgan fingerprint density at radius 3 is 2.03 bits per heavy atom. The lowest BCUT2D eigenvalue weighted by Crippen LogP contribution is -2.49. The number of rotatable bonds is 3. The molecule has 1 fully saturated rings. The first-order chi connectivity index (χ1) is 15.3. The van der Waals surface area contributed by atoms with Crippen LogP contribution in [0.25, 0.3) is 10.2 Å². The van der Waals surface area contributed by atoms with Crippen LogP contribution in [0.5, 0.6) is 0 Å². The van der Waals surface area contributed by atoms with Crippen molar-refractivity contribution in [1.29, 1.82) is 0 Å². The summed E-state index contributed by atoms with van der Waals surface area (Å²) in [7, 11) is -4.60. The van der Waals surface area contributed by atoms with Crippen LogP contribution >= 0.6 is 11.3 Å². The molecule has 2 aromatic heterocycles. The van der Waals surface area contributed by atoms with Gasteiger partial charge < -0.3 is 4.90 Å². The molecule has 0 unspecified atom stereocenters. The molecule has 0 aliphatic carbocycles. The average Bonchev–Trinajstić information content (AvgIpc) is 3.13. The van der Waals surface area contributed by atoms with Crippen LogP contribution < -0.4 is 4.90 Å². The molecule has 1 aliphatic rings. The van der Waals surface area contributed by atoms with Crippen LogP contribution in [0, 0.1) is 6.92 Å². The Balaban J connectivity index is 1.62. The van der Waals surface area contributed by atoms with Gasteiger partial charge in [0.25, 0.3) is 0 Å². The van der Waals surface area contributed by atoms with E-state index in [4.69, 9.17) is 0 Å². The Labute approximate surface area is 188 Å². The quantitative estimate of drug-likeness (QED) is 0.484. The van der Waals surface area contributed by atoms with Crippen LogP contribution in [-0.2, 0) is 22.4 Å². The van der Waals surface area contributed by atoms with Crippen molar-refractivity contribution in [2.45, 2.75) is 24.2 Å². The molecule has 4 rings (SSSR count). The SMILES string of the molecule is Cc1csc2c(N3CCN(S(=O)(=O)c4cc(C(F)(F)F)cc(C(F)(F)F)c4)CC3)ncnc12. The Bertz CT molecular complexity index is 1260. The third-order valence-corrected chi connectivity index (χ3v) is 8.21. The lowest BCUT2D eigenvalue weighted by molar-refractivity contribution is -0.143. The average molecular weight is 510 g/mol. The minimum Gasteiger partial charge on any atom is -0.353 e. The van der Waals surface area contributed by atoms with Gasteiger partial charge in [-0.1, -0.05) is 0 Å². The first-order valence-corrected chi connectivity index (χ1v) is 11.8. The first kappa shape index (κ1) is 23.7. The molecule has 0 saturated carbocycles. The van der Waals surface area contributed by atoms with Crippen molar-refractivity contribution in [2.75, 3.05) is 31.1 Å². The molecule has 1 aliphatic heterocycles. The maximum Gasteiger partial charge on any atom is 0.416 e. The molecular weight excluding hydrogens is 494 g/mol. The fourth-order valence-electron chi connectivity index (χ4n) is 3.55. The molecule has 33 heavy (non-hydrogen) atoms. The Hall–Kier alpha value is -2.45. The highest BCUT2D eigenvalue weighted by Gasteiger charge is 2.39. The second-order valence-corrected chi connectivity index (χ2v) is 10.2. The van der Waals surface area contributed by atoms with Gasteiger partial charge in [-0.25, -0.2) is 18.4 Å². The van der Waals surface area contributed by atoms with Crippen molar-refractivity contribution in [1.82, 2.24) is 14.3 Å². The molecule has 3 aromatic rings. The minimum absolute atomic E-state index is 0.0969. The first-order valence-electron chi connectivity index (χ1n) is 9.52. The predicted molar refractivity (Wildman–Crippen MR) is 110 cm³/mol. The van der Waals surface area contributed by atoms with E-state index < -0.39 is 38.4 Å². The molecule has 6 nitrogen and oxygen atoms in total. The number of hydrogen-bond donors (Lipinski definition) is 0. The van der Waals surface area contributed by atoms with Gasteiger partial charge in [0.15, 0.2) is 0 Å². The highest BCUT2D eigenvalue weighted by Crippen LogP contribution is 2.38. The number of nitrogens with zero attached hydrogens (tertiary/aromatic N) is 4. The fourth-order valence-corrected chi connectivity index (χ4v) is 6.06. The number of alkyl halides is 6. The summed E-state index contributed by atoms with van der Waals surface area (Å²) in [6, 6.07) is 0.374. The summed E-state index contributed by atoms with van der Waals surface area (Å²) >= 11 is 1.43. The van der Waals surface area contributed by atoms with Crippen LogP contribution in [-0.4, -0.2) is 48.9 Å². The third-order valence-electron chi connectivity index (χ3n) is 5.25. The van der Waals surface area contributed by atoms with Gasteiger partial charge >= 0.3 is 12.4 Å². The van der Waals surface area contributed by atoms with E-state index in [9.17, 15) is 34.8 Å². The van der Waals surface area contributed by atoms with E-state index in [2.05, 4.69) is 9.97 Å². The number of sulfonamides is 1. The van der Waals surface area contributed by atoms with E-state index in [1.54, 1.807) is 0 Å². The van der Waals surface area contributed by atoms with Gasteiger partial charge in [0.1, 0.15) is 12.1 Å². The Kier molecular flexibility index (Phi) is 5.81. The molecule has 0 radical (unpaired) electrons. The lowest BCUT2D eigenvalue weighted by Gasteiger charge is -2.34. The number of aromatic nitrogens is 2. The monoisotopic (exact) mass is 510 g/mol. The summed E-state index contributed by atoms with van der Waals surface area (Å²) in [5.74, 6) is 0.605. The molecule has 0 spiro atoms. The maximum absolute atomic E-state index is 13.1. The number of fused-ring (bicyclic) bond motifs is 1. The van der Waals surface area contributed by atoms with E-state index in [1.165, 1.54) is 17.7 Å². The van der Waals surface area contributed by atoms with Crippen molar-refractivity contribution >= 4 is 37.4 Å². The normalized spacial score (nSPS) is 16.5. The van der Waals surface area contributed by atoms with Crippen LogP contribution in [0.4, 0.5) is 32.2 Å². The van der Waals surface area contributed by atoms with Gasteiger partial charge in [-0.2, -0.15) is 30.6 Å². The molecule has 0 amide bonds. The zero-order valence-corrected chi connectivity index (χ0v) is 18.5. The predicted octanol–water partition coefficient (Wildman–Crippen LogP) is 4.55. The Morgan fingerprint density at radius 2 is 1.48 bits per heavy atom. The van der Waals surface area contributed by atoms with Crippen molar-refractivity contribution < 1.29 is 34.8 Å². The molecular formula is C19H16F6N4O2S2. The van der Waals surface area contributed by atoms with E-state index in [1.807, 2.05) is 17.2 Å². The molecule has 1 aromatic carbocycles. The lowest BCUT2D eigenvalue weighted by atomic mass is 10.1. The molecule has 178 valence electrons. The zero-order chi connectivity index (χ0) is 24.2. The van der Waals surface area contributed by atoms with Crippen LogP contribution in [0.1, 0.15) is 16.7 Å². The zero-order valence-electron chi connectivity index (χ0n) is 16.9. The summed E-state index contributed by atoms with van der Waals surface area (Å²) < 4.78 is 106.